The predicted octanol–water partition coefficient (Wildman–Crippen LogP) is 1.17. The van der Waals surface area contributed by atoms with E-state index in [2.05, 4.69) is 37.6 Å². The zero-order valence-electron chi connectivity index (χ0n) is 14.6. The standard InChI is InChI=1S/C18H21N7O/c1-18(25-8-2-3-13(11-25)23-15(26)4-6-19)16-12(10-22-24-18)9-21-17-14(16)5-7-20-17/h5,7,9-10,13,24H,2-4,8,11H2,1H3,(H,20,21)(H,23,26). The number of hydrogen-bond acceptors (Lipinski definition) is 6. The normalized spacial score (nSPS) is 25.3. The SMILES string of the molecule is CC1(N2CCCC(NC(=O)CC#N)C2)NN=Cc2cnc3[nH]ccc3c21. The number of fused-ring (bicyclic) bond motifs is 3. The molecule has 26 heavy (non-hydrogen) atoms. The van der Waals surface area contributed by atoms with Crippen molar-refractivity contribution in [3.8, 4) is 6.07 Å². The summed E-state index contributed by atoms with van der Waals surface area (Å²) in [6.07, 6.45) is 7.31. The zero-order valence-corrected chi connectivity index (χ0v) is 14.6. The molecule has 0 bridgehead atoms. The molecule has 2 atom stereocenters. The first-order valence-electron chi connectivity index (χ1n) is 8.80. The van der Waals surface area contributed by atoms with E-state index in [1.165, 1.54) is 0 Å². The summed E-state index contributed by atoms with van der Waals surface area (Å²) in [5.41, 5.74) is 5.78. The molecular weight excluding hydrogens is 330 g/mol. The van der Waals surface area contributed by atoms with Gasteiger partial charge in [-0.1, -0.05) is 0 Å². The summed E-state index contributed by atoms with van der Waals surface area (Å²) in [7, 11) is 0. The number of H-pyrrole nitrogens is 1. The third kappa shape index (κ3) is 2.70. The van der Waals surface area contributed by atoms with Crippen molar-refractivity contribution >= 4 is 23.2 Å². The number of likely N-dealkylation sites (tertiary alicyclic amines) is 1. The molecule has 0 radical (unpaired) electrons. The van der Waals surface area contributed by atoms with E-state index in [9.17, 15) is 4.79 Å². The smallest absolute Gasteiger partial charge is 0.234 e. The van der Waals surface area contributed by atoms with Gasteiger partial charge in [0.25, 0.3) is 0 Å². The van der Waals surface area contributed by atoms with E-state index >= 15 is 0 Å². The maximum atomic E-state index is 11.8. The lowest BCUT2D eigenvalue weighted by atomic mass is 9.90. The van der Waals surface area contributed by atoms with Gasteiger partial charge in [-0.05, 0) is 25.8 Å². The van der Waals surface area contributed by atoms with Crippen molar-refractivity contribution in [1.82, 2.24) is 25.6 Å². The number of amides is 1. The molecule has 0 spiro atoms. The monoisotopic (exact) mass is 351 g/mol. The number of aromatic nitrogens is 2. The van der Waals surface area contributed by atoms with Crippen LogP contribution in [0.15, 0.2) is 23.6 Å². The molecule has 134 valence electrons. The Hall–Kier alpha value is -2.92. The Morgan fingerprint density at radius 2 is 2.46 bits per heavy atom. The van der Waals surface area contributed by atoms with Gasteiger partial charge in [0.15, 0.2) is 0 Å². The highest BCUT2D eigenvalue weighted by molar-refractivity contribution is 5.92. The Morgan fingerprint density at radius 3 is 3.31 bits per heavy atom. The number of hydrogen-bond donors (Lipinski definition) is 3. The number of carbonyl (C=O) groups is 1. The number of nitriles is 1. The van der Waals surface area contributed by atoms with E-state index in [1.807, 2.05) is 24.5 Å². The molecule has 4 heterocycles. The van der Waals surface area contributed by atoms with Crippen LogP contribution in [0.2, 0.25) is 0 Å². The summed E-state index contributed by atoms with van der Waals surface area (Å²) in [5.74, 6) is -0.211. The molecule has 1 saturated heterocycles. The third-order valence-electron chi connectivity index (χ3n) is 5.25. The number of piperidine rings is 1. The highest BCUT2D eigenvalue weighted by Crippen LogP contribution is 2.36. The van der Waals surface area contributed by atoms with E-state index in [0.717, 1.165) is 41.5 Å². The van der Waals surface area contributed by atoms with Gasteiger partial charge in [-0.3, -0.25) is 15.1 Å². The zero-order chi connectivity index (χ0) is 18.1. The van der Waals surface area contributed by atoms with Crippen LogP contribution in [0, 0.1) is 11.3 Å². The number of carbonyl (C=O) groups excluding carboxylic acids is 1. The summed E-state index contributed by atoms with van der Waals surface area (Å²) in [5, 5.41) is 17.1. The van der Waals surface area contributed by atoms with E-state index in [4.69, 9.17) is 5.26 Å². The van der Waals surface area contributed by atoms with Gasteiger partial charge in [0.1, 0.15) is 17.7 Å². The van der Waals surface area contributed by atoms with Gasteiger partial charge in [-0.25, -0.2) is 4.98 Å². The molecule has 2 aliphatic heterocycles. The average Bonchev–Trinajstić information content (AvgIpc) is 3.11. The largest absolute Gasteiger partial charge is 0.351 e. The van der Waals surface area contributed by atoms with Crippen LogP contribution in [0.1, 0.15) is 37.3 Å². The molecule has 1 fully saturated rings. The molecule has 0 aliphatic carbocycles. The van der Waals surface area contributed by atoms with Gasteiger partial charge < -0.3 is 10.3 Å². The maximum absolute atomic E-state index is 11.8. The Kier molecular flexibility index (Phi) is 4.09. The van der Waals surface area contributed by atoms with Crippen LogP contribution in [0.25, 0.3) is 11.0 Å². The molecule has 0 aromatic carbocycles. The Bertz CT molecular complexity index is 912. The van der Waals surface area contributed by atoms with Crippen molar-refractivity contribution < 1.29 is 4.79 Å². The third-order valence-corrected chi connectivity index (χ3v) is 5.25. The molecule has 8 heteroatoms. The first kappa shape index (κ1) is 16.5. The van der Waals surface area contributed by atoms with E-state index in [-0.39, 0.29) is 18.4 Å². The van der Waals surface area contributed by atoms with Crippen molar-refractivity contribution in [3.05, 3.63) is 29.6 Å². The van der Waals surface area contributed by atoms with Crippen molar-refractivity contribution in [1.29, 1.82) is 5.26 Å². The lowest BCUT2D eigenvalue weighted by molar-refractivity contribution is -0.121. The minimum absolute atomic E-state index is 0.0288. The summed E-state index contributed by atoms with van der Waals surface area (Å²) < 4.78 is 0. The van der Waals surface area contributed by atoms with Crippen LogP contribution in [0.4, 0.5) is 0 Å². The number of nitrogens with one attached hydrogen (secondary N) is 3. The highest BCUT2D eigenvalue weighted by atomic mass is 16.1. The van der Waals surface area contributed by atoms with Crippen LogP contribution in [0.5, 0.6) is 0 Å². The molecule has 1 amide bonds. The second-order valence-electron chi connectivity index (χ2n) is 6.96. The average molecular weight is 351 g/mol. The molecule has 2 aliphatic rings. The molecule has 2 aromatic rings. The Labute approximate surface area is 151 Å². The number of rotatable bonds is 3. The summed E-state index contributed by atoms with van der Waals surface area (Å²) in [6, 6.07) is 3.97. The fraction of sp³-hybridized carbons (Fsp3) is 0.444. The molecule has 4 rings (SSSR count). The summed E-state index contributed by atoms with van der Waals surface area (Å²) >= 11 is 0. The Morgan fingerprint density at radius 1 is 1.58 bits per heavy atom. The maximum Gasteiger partial charge on any atom is 0.234 e. The van der Waals surface area contributed by atoms with Crippen molar-refractivity contribution in [3.63, 3.8) is 0 Å². The number of pyridine rings is 1. The first-order valence-corrected chi connectivity index (χ1v) is 8.80. The van der Waals surface area contributed by atoms with Crippen molar-refractivity contribution in [2.24, 2.45) is 5.10 Å². The van der Waals surface area contributed by atoms with Gasteiger partial charge in [-0.15, -0.1) is 0 Å². The quantitative estimate of drug-likeness (QED) is 0.769. The second-order valence-corrected chi connectivity index (χ2v) is 6.96. The number of hydrazone groups is 1. The van der Waals surface area contributed by atoms with Gasteiger partial charge >= 0.3 is 0 Å². The fourth-order valence-corrected chi connectivity index (χ4v) is 4.03. The second kappa shape index (κ2) is 6.42. The van der Waals surface area contributed by atoms with Crippen LogP contribution < -0.4 is 10.7 Å². The number of nitrogens with zero attached hydrogens (tertiary/aromatic N) is 4. The molecule has 3 N–H and O–H groups in total. The lowest BCUT2D eigenvalue weighted by Gasteiger charge is -2.47. The summed E-state index contributed by atoms with van der Waals surface area (Å²) in [4.78, 5) is 21.8. The van der Waals surface area contributed by atoms with Gasteiger partial charge in [0.2, 0.25) is 5.91 Å². The van der Waals surface area contributed by atoms with Gasteiger partial charge in [0, 0.05) is 48.0 Å². The van der Waals surface area contributed by atoms with Crippen molar-refractivity contribution in [2.75, 3.05) is 13.1 Å². The molecular formula is C18H21N7O. The van der Waals surface area contributed by atoms with Crippen LogP contribution in [-0.2, 0) is 10.5 Å². The Balaban J connectivity index is 1.65. The lowest BCUT2D eigenvalue weighted by Crippen LogP contribution is -2.60. The van der Waals surface area contributed by atoms with Gasteiger partial charge in [0.05, 0.1) is 12.3 Å². The molecule has 8 nitrogen and oxygen atoms in total. The van der Waals surface area contributed by atoms with Gasteiger partial charge in [-0.2, -0.15) is 10.4 Å². The van der Waals surface area contributed by atoms with Crippen LogP contribution in [-0.4, -0.2) is 46.1 Å². The molecule has 0 saturated carbocycles. The molecule has 2 aromatic heterocycles. The molecule has 2 unspecified atom stereocenters. The highest BCUT2D eigenvalue weighted by Gasteiger charge is 2.41. The van der Waals surface area contributed by atoms with Crippen molar-refractivity contribution in [2.45, 2.75) is 37.9 Å². The number of aromatic amines is 1. The van der Waals surface area contributed by atoms with E-state index in [1.54, 1.807) is 6.21 Å². The predicted molar refractivity (Wildman–Crippen MR) is 97.1 cm³/mol. The van der Waals surface area contributed by atoms with Crippen LogP contribution in [0.3, 0.4) is 0 Å². The van der Waals surface area contributed by atoms with E-state index < -0.39 is 5.66 Å². The topological polar surface area (TPSA) is 109 Å². The summed E-state index contributed by atoms with van der Waals surface area (Å²) in [6.45, 7) is 3.72. The van der Waals surface area contributed by atoms with Crippen LogP contribution >= 0.6 is 0 Å². The minimum atomic E-state index is -0.494. The minimum Gasteiger partial charge on any atom is -0.351 e. The first-order chi connectivity index (χ1) is 12.6. The fourth-order valence-electron chi connectivity index (χ4n) is 4.03. The van der Waals surface area contributed by atoms with E-state index in [0.29, 0.717) is 6.54 Å².